The summed E-state index contributed by atoms with van der Waals surface area (Å²) in [7, 11) is 0. The summed E-state index contributed by atoms with van der Waals surface area (Å²) in [6, 6.07) is 0. The molecular weight excluding hydrogens is 330 g/mol. The van der Waals surface area contributed by atoms with Gasteiger partial charge in [0.05, 0.1) is 19.8 Å². The predicted molar refractivity (Wildman–Crippen MR) is 66.5 cm³/mol. The number of hydrogen-bond donors (Lipinski definition) is 0. The van der Waals surface area contributed by atoms with Crippen LogP contribution in [0.25, 0.3) is 0 Å². The molecule has 1 amide bonds. The Bertz CT molecular complexity index is 161. The predicted octanol–water partition coefficient (Wildman–Crippen LogP) is 2.95. The molecular formula is C9H17Br2NO3. The van der Waals surface area contributed by atoms with Gasteiger partial charge in [0.25, 0.3) is 0 Å². The van der Waals surface area contributed by atoms with Gasteiger partial charge < -0.3 is 4.74 Å². The maximum Gasteiger partial charge on any atom is 0.433 e. The second kappa shape index (κ2) is 10.7. The molecule has 0 saturated carbocycles. The maximum absolute atomic E-state index is 10.8. The van der Waals surface area contributed by atoms with Crippen molar-refractivity contribution in [3.63, 3.8) is 0 Å². The number of hydroxylamine groups is 2. The number of carbonyl (C=O) groups excluding carboxylic acids is 1. The number of nitrogens with zero attached hydrogens (tertiary/aromatic N) is 1. The Balaban J connectivity index is 0.000000336. The van der Waals surface area contributed by atoms with Crippen LogP contribution in [0.4, 0.5) is 4.79 Å². The SMILES string of the molecule is BrCCCBr.CCOC(=O)N1CCCO1. The lowest BCUT2D eigenvalue weighted by Crippen LogP contribution is -2.27. The molecule has 1 fully saturated rings. The zero-order valence-electron chi connectivity index (χ0n) is 8.88. The first-order chi connectivity index (χ1) is 7.26. The van der Waals surface area contributed by atoms with E-state index < -0.39 is 0 Å². The van der Waals surface area contributed by atoms with Gasteiger partial charge in [0.1, 0.15) is 0 Å². The average Bonchev–Trinajstić information content (AvgIpc) is 2.73. The Morgan fingerprint density at radius 1 is 1.47 bits per heavy atom. The smallest absolute Gasteiger partial charge is 0.433 e. The summed E-state index contributed by atoms with van der Waals surface area (Å²) in [6.45, 7) is 3.45. The van der Waals surface area contributed by atoms with Gasteiger partial charge in [0.2, 0.25) is 0 Å². The Hall–Kier alpha value is 0.190. The molecule has 0 atom stereocenters. The summed E-state index contributed by atoms with van der Waals surface area (Å²) in [5.74, 6) is 0. The van der Waals surface area contributed by atoms with E-state index in [-0.39, 0.29) is 6.09 Å². The van der Waals surface area contributed by atoms with Crippen molar-refractivity contribution < 1.29 is 14.4 Å². The number of ether oxygens (including phenoxy) is 1. The highest BCUT2D eigenvalue weighted by molar-refractivity contribution is 9.09. The molecule has 1 heterocycles. The number of halogens is 2. The molecule has 0 aromatic rings. The van der Waals surface area contributed by atoms with Crippen LogP contribution in [0.15, 0.2) is 0 Å². The monoisotopic (exact) mass is 345 g/mol. The molecule has 0 radical (unpaired) electrons. The van der Waals surface area contributed by atoms with Crippen LogP contribution >= 0.6 is 31.9 Å². The molecule has 1 saturated heterocycles. The molecule has 0 aliphatic carbocycles. The first-order valence-corrected chi connectivity index (χ1v) is 7.19. The maximum atomic E-state index is 10.8. The number of rotatable bonds is 3. The minimum absolute atomic E-state index is 0.375. The van der Waals surface area contributed by atoms with E-state index in [0.717, 1.165) is 17.1 Å². The van der Waals surface area contributed by atoms with Gasteiger partial charge in [-0.15, -0.1) is 0 Å². The molecule has 1 rings (SSSR count). The fraction of sp³-hybridized carbons (Fsp3) is 0.889. The molecule has 90 valence electrons. The molecule has 15 heavy (non-hydrogen) atoms. The zero-order valence-corrected chi connectivity index (χ0v) is 12.0. The summed E-state index contributed by atoms with van der Waals surface area (Å²) >= 11 is 6.56. The third kappa shape index (κ3) is 8.04. The van der Waals surface area contributed by atoms with Crippen molar-refractivity contribution in [1.82, 2.24) is 5.06 Å². The summed E-state index contributed by atoms with van der Waals surface area (Å²) in [4.78, 5) is 15.8. The second-order valence-electron chi connectivity index (χ2n) is 2.72. The van der Waals surface area contributed by atoms with Crippen molar-refractivity contribution >= 4 is 38.0 Å². The van der Waals surface area contributed by atoms with E-state index in [9.17, 15) is 4.79 Å². The quantitative estimate of drug-likeness (QED) is 0.737. The molecule has 1 aliphatic rings. The fourth-order valence-corrected chi connectivity index (χ4v) is 2.15. The lowest BCUT2D eigenvalue weighted by atomic mass is 10.5. The van der Waals surface area contributed by atoms with Gasteiger partial charge in [-0.1, -0.05) is 31.9 Å². The third-order valence-electron chi connectivity index (χ3n) is 1.49. The second-order valence-corrected chi connectivity index (χ2v) is 4.31. The van der Waals surface area contributed by atoms with Crippen molar-refractivity contribution in [1.29, 1.82) is 0 Å². The van der Waals surface area contributed by atoms with Crippen molar-refractivity contribution in [3.05, 3.63) is 0 Å². The van der Waals surface area contributed by atoms with E-state index in [1.54, 1.807) is 6.92 Å². The van der Waals surface area contributed by atoms with Crippen LogP contribution in [0.5, 0.6) is 0 Å². The van der Waals surface area contributed by atoms with Gasteiger partial charge in [0, 0.05) is 10.7 Å². The lowest BCUT2D eigenvalue weighted by Gasteiger charge is -2.11. The zero-order chi connectivity index (χ0) is 11.5. The van der Waals surface area contributed by atoms with Crippen molar-refractivity contribution in [2.75, 3.05) is 30.4 Å². The average molecular weight is 347 g/mol. The van der Waals surface area contributed by atoms with Crippen LogP contribution in [0, 0.1) is 0 Å². The largest absolute Gasteiger partial charge is 0.448 e. The van der Waals surface area contributed by atoms with Crippen LogP contribution in [0.2, 0.25) is 0 Å². The van der Waals surface area contributed by atoms with Gasteiger partial charge in [-0.05, 0) is 19.8 Å². The molecule has 0 spiro atoms. The van der Waals surface area contributed by atoms with Crippen molar-refractivity contribution in [2.24, 2.45) is 0 Å². The summed E-state index contributed by atoms with van der Waals surface area (Å²) < 4.78 is 4.69. The Morgan fingerprint density at radius 2 is 2.13 bits per heavy atom. The first kappa shape index (κ1) is 15.2. The molecule has 0 N–H and O–H groups in total. The van der Waals surface area contributed by atoms with Gasteiger partial charge in [-0.2, -0.15) is 5.06 Å². The normalized spacial score (nSPS) is 14.5. The Labute approximate surface area is 107 Å². The molecule has 0 unspecified atom stereocenters. The lowest BCUT2D eigenvalue weighted by molar-refractivity contribution is -0.0905. The van der Waals surface area contributed by atoms with Gasteiger partial charge in [0.15, 0.2) is 0 Å². The Kier molecular flexibility index (Phi) is 10.8. The van der Waals surface area contributed by atoms with E-state index in [1.807, 2.05) is 0 Å². The van der Waals surface area contributed by atoms with E-state index >= 15 is 0 Å². The molecule has 1 aliphatic heterocycles. The minimum Gasteiger partial charge on any atom is -0.448 e. The van der Waals surface area contributed by atoms with Gasteiger partial charge in [-0.25, -0.2) is 4.79 Å². The van der Waals surface area contributed by atoms with Gasteiger partial charge in [-0.3, -0.25) is 4.84 Å². The molecule has 6 heteroatoms. The van der Waals surface area contributed by atoms with Gasteiger partial charge >= 0.3 is 6.09 Å². The van der Waals surface area contributed by atoms with Crippen LogP contribution in [0.3, 0.4) is 0 Å². The van der Waals surface area contributed by atoms with E-state index in [1.165, 1.54) is 11.5 Å². The van der Waals surface area contributed by atoms with E-state index in [2.05, 4.69) is 36.6 Å². The number of carbonyl (C=O) groups is 1. The first-order valence-electron chi connectivity index (χ1n) is 4.95. The summed E-state index contributed by atoms with van der Waals surface area (Å²) in [5.41, 5.74) is 0. The highest BCUT2D eigenvalue weighted by atomic mass is 79.9. The topological polar surface area (TPSA) is 38.8 Å². The highest BCUT2D eigenvalue weighted by Gasteiger charge is 2.19. The Morgan fingerprint density at radius 3 is 2.47 bits per heavy atom. The standard InChI is InChI=1S/C6H11NO3.C3H6Br2/c1-2-9-6(8)7-4-3-5-10-7;4-2-1-3-5/h2-5H2,1H3;1-3H2. The van der Waals surface area contributed by atoms with E-state index in [4.69, 9.17) is 4.84 Å². The molecule has 4 nitrogen and oxygen atoms in total. The third-order valence-corrected chi connectivity index (χ3v) is 2.61. The van der Waals surface area contributed by atoms with Crippen LogP contribution in [-0.2, 0) is 9.57 Å². The van der Waals surface area contributed by atoms with E-state index in [0.29, 0.717) is 19.8 Å². The molecule has 0 aromatic heterocycles. The number of amides is 1. The number of hydrogen-bond acceptors (Lipinski definition) is 3. The minimum atomic E-state index is -0.375. The van der Waals surface area contributed by atoms with Crippen LogP contribution < -0.4 is 0 Å². The van der Waals surface area contributed by atoms with Crippen molar-refractivity contribution in [3.8, 4) is 0 Å². The fourth-order valence-electron chi connectivity index (χ4n) is 0.837. The number of alkyl halides is 2. The summed E-state index contributed by atoms with van der Waals surface area (Å²) in [5, 5.41) is 3.47. The molecule has 0 aromatic carbocycles. The molecule has 0 bridgehead atoms. The summed E-state index contributed by atoms with van der Waals surface area (Å²) in [6.07, 6.45) is 1.75. The van der Waals surface area contributed by atoms with Crippen LogP contribution in [0.1, 0.15) is 19.8 Å². The van der Waals surface area contributed by atoms with Crippen molar-refractivity contribution in [2.45, 2.75) is 19.8 Å². The highest BCUT2D eigenvalue weighted by Crippen LogP contribution is 2.05. The van der Waals surface area contributed by atoms with Crippen LogP contribution in [-0.4, -0.2) is 41.6 Å².